The Labute approximate surface area is 108 Å². The van der Waals surface area contributed by atoms with E-state index in [2.05, 4.69) is 58.7 Å². The fraction of sp³-hybridized carbons (Fsp3) is 1.00. The van der Waals surface area contributed by atoms with Crippen molar-refractivity contribution >= 4 is 0 Å². The summed E-state index contributed by atoms with van der Waals surface area (Å²) in [7, 11) is 0. The third-order valence-electron chi connectivity index (χ3n) is 4.13. The summed E-state index contributed by atoms with van der Waals surface area (Å²) in [6.45, 7) is 19.8. The van der Waals surface area contributed by atoms with E-state index in [4.69, 9.17) is 0 Å². The highest BCUT2D eigenvalue weighted by atomic mass is 15.2. The first-order valence-corrected chi connectivity index (χ1v) is 7.08. The highest BCUT2D eigenvalue weighted by molar-refractivity contribution is 4.95. The van der Waals surface area contributed by atoms with Gasteiger partial charge < -0.3 is 5.32 Å². The molecule has 1 unspecified atom stereocenters. The van der Waals surface area contributed by atoms with E-state index in [-0.39, 0.29) is 5.54 Å². The van der Waals surface area contributed by atoms with Gasteiger partial charge in [0.1, 0.15) is 0 Å². The minimum absolute atomic E-state index is 0.233. The van der Waals surface area contributed by atoms with E-state index in [0.29, 0.717) is 11.0 Å². The van der Waals surface area contributed by atoms with Crippen molar-refractivity contribution in [2.45, 2.75) is 72.4 Å². The van der Waals surface area contributed by atoms with Crippen LogP contribution in [-0.4, -0.2) is 35.6 Å². The van der Waals surface area contributed by atoms with Gasteiger partial charge >= 0.3 is 0 Å². The molecule has 0 amide bonds. The Morgan fingerprint density at radius 2 is 1.71 bits per heavy atom. The molecule has 2 heteroatoms. The quantitative estimate of drug-likeness (QED) is 0.814. The molecule has 1 saturated heterocycles. The van der Waals surface area contributed by atoms with Crippen LogP contribution in [0.2, 0.25) is 0 Å². The molecule has 0 saturated carbocycles. The maximum Gasteiger partial charge on any atom is 0.0125 e. The van der Waals surface area contributed by atoms with Gasteiger partial charge in [-0.05, 0) is 66.3 Å². The molecule has 0 aliphatic carbocycles. The molecule has 1 aliphatic rings. The van der Waals surface area contributed by atoms with Crippen LogP contribution in [0.4, 0.5) is 0 Å². The second-order valence-corrected chi connectivity index (χ2v) is 7.80. The van der Waals surface area contributed by atoms with Crippen molar-refractivity contribution in [3.05, 3.63) is 0 Å². The Balaban J connectivity index is 2.61. The van der Waals surface area contributed by atoms with E-state index >= 15 is 0 Å². The highest BCUT2D eigenvalue weighted by Crippen LogP contribution is 2.36. The zero-order valence-corrected chi connectivity index (χ0v) is 13.0. The summed E-state index contributed by atoms with van der Waals surface area (Å²) in [5.41, 5.74) is 1.04. The summed E-state index contributed by atoms with van der Waals surface area (Å²) < 4.78 is 0. The van der Waals surface area contributed by atoms with Gasteiger partial charge in [0.25, 0.3) is 0 Å². The normalized spacial score (nSPS) is 27.7. The average Bonchev–Trinajstić information content (AvgIpc) is 2.58. The fourth-order valence-corrected chi connectivity index (χ4v) is 2.52. The zero-order valence-electron chi connectivity index (χ0n) is 13.0. The Morgan fingerprint density at radius 3 is 2.06 bits per heavy atom. The fourth-order valence-electron chi connectivity index (χ4n) is 2.52. The predicted octanol–water partition coefficient (Wildman–Crippen LogP) is 3.28. The summed E-state index contributed by atoms with van der Waals surface area (Å²) in [6, 6.07) is 0. The largest absolute Gasteiger partial charge is 0.311 e. The molecule has 1 fully saturated rings. The molecular weight excluding hydrogens is 208 g/mol. The van der Waals surface area contributed by atoms with Gasteiger partial charge in [0.15, 0.2) is 0 Å². The molecule has 1 heterocycles. The van der Waals surface area contributed by atoms with Crippen LogP contribution in [0.1, 0.15) is 61.3 Å². The van der Waals surface area contributed by atoms with Gasteiger partial charge in [0.05, 0.1) is 0 Å². The first kappa shape index (κ1) is 15.0. The molecular formula is C15H32N2. The van der Waals surface area contributed by atoms with Crippen LogP contribution >= 0.6 is 0 Å². The van der Waals surface area contributed by atoms with Gasteiger partial charge in [-0.1, -0.05) is 6.92 Å². The molecule has 1 atom stereocenters. The van der Waals surface area contributed by atoms with Crippen LogP contribution in [0, 0.1) is 5.41 Å². The molecule has 0 aromatic carbocycles. The van der Waals surface area contributed by atoms with Gasteiger partial charge in [0, 0.05) is 24.2 Å². The van der Waals surface area contributed by atoms with E-state index in [1.54, 1.807) is 0 Å². The lowest BCUT2D eigenvalue weighted by molar-refractivity contribution is 0.141. The summed E-state index contributed by atoms with van der Waals surface area (Å²) in [5, 5.41) is 3.70. The monoisotopic (exact) mass is 240 g/mol. The lowest BCUT2D eigenvalue weighted by Gasteiger charge is -2.36. The number of nitrogens with one attached hydrogen (secondary N) is 1. The molecule has 1 rings (SSSR count). The van der Waals surface area contributed by atoms with Crippen LogP contribution in [0.25, 0.3) is 0 Å². The maximum atomic E-state index is 3.70. The van der Waals surface area contributed by atoms with E-state index in [0.717, 1.165) is 6.54 Å². The van der Waals surface area contributed by atoms with E-state index < -0.39 is 0 Å². The summed E-state index contributed by atoms with van der Waals surface area (Å²) in [5.74, 6) is 0. The molecule has 2 nitrogen and oxygen atoms in total. The van der Waals surface area contributed by atoms with E-state index in [9.17, 15) is 0 Å². The molecule has 102 valence electrons. The Bertz CT molecular complexity index is 247. The van der Waals surface area contributed by atoms with Crippen molar-refractivity contribution < 1.29 is 0 Å². The van der Waals surface area contributed by atoms with Crippen LogP contribution in [0.3, 0.4) is 0 Å². The first-order chi connectivity index (χ1) is 7.58. The Kier molecular flexibility index (Phi) is 4.31. The third kappa shape index (κ3) is 4.26. The summed E-state index contributed by atoms with van der Waals surface area (Å²) >= 11 is 0. The van der Waals surface area contributed by atoms with E-state index in [1.807, 2.05) is 0 Å². The minimum Gasteiger partial charge on any atom is -0.311 e. The number of hydrogen-bond donors (Lipinski definition) is 1. The second kappa shape index (κ2) is 4.89. The predicted molar refractivity (Wildman–Crippen MR) is 76.4 cm³/mol. The summed E-state index contributed by atoms with van der Waals surface area (Å²) in [4.78, 5) is 2.64. The smallest absolute Gasteiger partial charge is 0.0125 e. The van der Waals surface area contributed by atoms with Gasteiger partial charge in [0.2, 0.25) is 0 Å². The molecule has 1 aliphatic heterocycles. The van der Waals surface area contributed by atoms with Crippen LogP contribution in [0.15, 0.2) is 0 Å². The summed E-state index contributed by atoms with van der Waals surface area (Å²) in [6.07, 6.45) is 2.62. The lowest BCUT2D eigenvalue weighted by Crippen LogP contribution is -2.47. The molecule has 0 radical (unpaired) electrons. The van der Waals surface area contributed by atoms with Crippen LogP contribution < -0.4 is 5.32 Å². The third-order valence-corrected chi connectivity index (χ3v) is 4.13. The number of nitrogens with zero attached hydrogens (tertiary/aromatic N) is 1. The molecule has 0 aromatic heterocycles. The molecule has 0 spiro atoms. The van der Waals surface area contributed by atoms with Crippen molar-refractivity contribution in [3.63, 3.8) is 0 Å². The standard InChI is InChI=1S/C15H32N2/c1-8-15(11-16-13(2,3)4)9-10-17(12-15)14(5,6)7/h16H,8-12H2,1-7H3. The van der Waals surface area contributed by atoms with Crippen molar-refractivity contribution in [2.75, 3.05) is 19.6 Å². The lowest BCUT2D eigenvalue weighted by atomic mass is 9.83. The highest BCUT2D eigenvalue weighted by Gasteiger charge is 2.40. The van der Waals surface area contributed by atoms with Crippen molar-refractivity contribution in [2.24, 2.45) is 5.41 Å². The first-order valence-electron chi connectivity index (χ1n) is 7.08. The molecule has 0 aromatic rings. The minimum atomic E-state index is 0.233. The van der Waals surface area contributed by atoms with Gasteiger partial charge in [-0.3, -0.25) is 4.90 Å². The molecule has 17 heavy (non-hydrogen) atoms. The molecule has 0 bridgehead atoms. The Morgan fingerprint density at radius 1 is 1.12 bits per heavy atom. The second-order valence-electron chi connectivity index (χ2n) is 7.80. The van der Waals surface area contributed by atoms with Crippen LogP contribution in [-0.2, 0) is 0 Å². The average molecular weight is 240 g/mol. The van der Waals surface area contributed by atoms with Crippen molar-refractivity contribution in [1.29, 1.82) is 0 Å². The molecule has 1 N–H and O–H groups in total. The van der Waals surface area contributed by atoms with Gasteiger partial charge in [-0.2, -0.15) is 0 Å². The van der Waals surface area contributed by atoms with Gasteiger partial charge in [-0.25, -0.2) is 0 Å². The van der Waals surface area contributed by atoms with E-state index in [1.165, 1.54) is 25.9 Å². The number of hydrogen-bond acceptors (Lipinski definition) is 2. The van der Waals surface area contributed by atoms with Crippen molar-refractivity contribution in [1.82, 2.24) is 10.2 Å². The number of likely N-dealkylation sites (tertiary alicyclic amines) is 1. The Hall–Kier alpha value is -0.0800. The topological polar surface area (TPSA) is 15.3 Å². The number of rotatable bonds is 3. The SMILES string of the molecule is CCC1(CNC(C)(C)C)CCN(C(C)(C)C)C1. The van der Waals surface area contributed by atoms with Gasteiger partial charge in [-0.15, -0.1) is 0 Å². The maximum absolute atomic E-state index is 3.70. The van der Waals surface area contributed by atoms with Crippen molar-refractivity contribution in [3.8, 4) is 0 Å². The van der Waals surface area contributed by atoms with Crippen LogP contribution in [0.5, 0.6) is 0 Å². The zero-order chi connectivity index (χ0) is 13.3.